The molecule has 5 rings (SSSR count). The highest BCUT2D eigenvalue weighted by atomic mass is 16.6. The van der Waals surface area contributed by atoms with Gasteiger partial charge < -0.3 is 14.8 Å². The highest BCUT2D eigenvalue weighted by molar-refractivity contribution is 5.84. The molecule has 0 aromatic heterocycles. The molecule has 1 atom stereocenters. The first-order valence-corrected chi connectivity index (χ1v) is 10.1. The molecule has 4 aliphatic carbocycles. The molecule has 0 aliphatic heterocycles. The summed E-state index contributed by atoms with van der Waals surface area (Å²) in [6, 6.07) is 7.50. The minimum atomic E-state index is -0.800. The van der Waals surface area contributed by atoms with Gasteiger partial charge >= 0.3 is 5.97 Å². The lowest BCUT2D eigenvalue weighted by atomic mass is 9.53. The molecule has 27 heavy (non-hydrogen) atoms. The average Bonchev–Trinajstić information content (AvgIpc) is 2.59. The van der Waals surface area contributed by atoms with Crippen molar-refractivity contribution < 1.29 is 19.1 Å². The van der Waals surface area contributed by atoms with Crippen molar-refractivity contribution in [2.24, 2.45) is 17.8 Å². The molecule has 0 saturated heterocycles. The second kappa shape index (κ2) is 7.17. The second-order valence-corrected chi connectivity index (χ2v) is 8.87. The largest absolute Gasteiger partial charge is 0.482 e. The lowest BCUT2D eigenvalue weighted by molar-refractivity contribution is -0.158. The molecule has 1 aromatic rings. The van der Waals surface area contributed by atoms with E-state index in [1.54, 1.807) is 6.92 Å². The van der Waals surface area contributed by atoms with Gasteiger partial charge in [-0.3, -0.25) is 4.79 Å². The summed E-state index contributed by atoms with van der Waals surface area (Å²) in [5.74, 6) is 2.23. The van der Waals surface area contributed by atoms with Gasteiger partial charge in [-0.15, -0.1) is 0 Å². The van der Waals surface area contributed by atoms with Crippen molar-refractivity contribution in [2.75, 3.05) is 6.61 Å². The number of rotatable bonds is 6. The first kappa shape index (κ1) is 18.3. The van der Waals surface area contributed by atoms with E-state index in [4.69, 9.17) is 9.47 Å². The molecule has 5 heteroatoms. The number of para-hydroxylation sites is 1. The minimum absolute atomic E-state index is 0.0653. The maximum absolute atomic E-state index is 12.7. The van der Waals surface area contributed by atoms with Crippen LogP contribution in [0.1, 0.15) is 51.0 Å². The maximum atomic E-state index is 12.7. The third-order valence-electron chi connectivity index (χ3n) is 6.54. The molecule has 1 N–H and O–H groups in total. The number of benzene rings is 1. The minimum Gasteiger partial charge on any atom is -0.482 e. The van der Waals surface area contributed by atoms with Gasteiger partial charge in [0.1, 0.15) is 5.75 Å². The lowest BCUT2D eigenvalue weighted by Crippen LogP contribution is -2.61. The third kappa shape index (κ3) is 3.97. The number of carbonyl (C=O) groups is 2. The van der Waals surface area contributed by atoms with Crippen molar-refractivity contribution in [1.82, 2.24) is 5.32 Å². The number of amides is 1. The van der Waals surface area contributed by atoms with Gasteiger partial charge in [0.25, 0.3) is 5.91 Å². The van der Waals surface area contributed by atoms with Crippen molar-refractivity contribution in [3.05, 3.63) is 29.8 Å². The molecule has 4 saturated carbocycles. The Labute approximate surface area is 160 Å². The van der Waals surface area contributed by atoms with E-state index in [0.717, 1.165) is 42.6 Å². The van der Waals surface area contributed by atoms with Gasteiger partial charge in [0.05, 0.1) is 0 Å². The van der Waals surface area contributed by atoms with Crippen molar-refractivity contribution in [1.29, 1.82) is 0 Å². The molecule has 4 bridgehead atoms. The molecular weight excluding hydrogens is 342 g/mol. The van der Waals surface area contributed by atoms with Crippen LogP contribution < -0.4 is 10.1 Å². The standard InChI is InChI=1S/C22H29NO4/c1-14-5-3-4-6-19(14)26-13-20(24)27-15(2)21(25)23-22-10-16-7-17(11-22)9-18(8-16)12-22/h3-6,15-18H,7-13H2,1-2H3,(H,23,25)/t15-,16?,17?,18?,22?/m1/s1. The van der Waals surface area contributed by atoms with Gasteiger partial charge in [-0.2, -0.15) is 0 Å². The van der Waals surface area contributed by atoms with Gasteiger partial charge in [0, 0.05) is 5.54 Å². The smallest absolute Gasteiger partial charge is 0.344 e. The Morgan fingerprint density at radius 3 is 2.30 bits per heavy atom. The Balaban J connectivity index is 1.28. The van der Waals surface area contributed by atoms with Crippen LogP contribution in [0.15, 0.2) is 24.3 Å². The SMILES string of the molecule is Cc1ccccc1OCC(=O)O[C@H](C)C(=O)NC12CC3CC(CC(C3)C1)C2. The first-order chi connectivity index (χ1) is 12.9. The maximum Gasteiger partial charge on any atom is 0.344 e. The Morgan fingerprint density at radius 2 is 1.70 bits per heavy atom. The summed E-state index contributed by atoms with van der Waals surface area (Å²) in [5, 5.41) is 3.26. The molecule has 4 aliphatic rings. The predicted octanol–water partition coefficient (Wildman–Crippen LogP) is 3.39. The first-order valence-electron chi connectivity index (χ1n) is 10.1. The monoisotopic (exact) mass is 371 g/mol. The number of carbonyl (C=O) groups excluding carboxylic acids is 2. The fourth-order valence-electron chi connectivity index (χ4n) is 5.77. The molecular formula is C22H29NO4. The molecule has 146 valence electrons. The van der Waals surface area contributed by atoms with Crippen LogP contribution in [0.25, 0.3) is 0 Å². The zero-order valence-corrected chi connectivity index (χ0v) is 16.2. The number of hydrogen-bond donors (Lipinski definition) is 1. The molecule has 0 heterocycles. The van der Waals surface area contributed by atoms with Gasteiger partial charge in [0.2, 0.25) is 0 Å². The molecule has 0 unspecified atom stereocenters. The van der Waals surface area contributed by atoms with E-state index in [1.807, 2.05) is 31.2 Å². The van der Waals surface area contributed by atoms with Crippen molar-refractivity contribution >= 4 is 11.9 Å². The molecule has 0 spiro atoms. The molecule has 1 aromatic carbocycles. The number of esters is 1. The predicted molar refractivity (Wildman–Crippen MR) is 101 cm³/mol. The van der Waals surface area contributed by atoms with Crippen LogP contribution in [-0.4, -0.2) is 30.1 Å². The number of aryl methyl sites for hydroxylation is 1. The summed E-state index contributed by atoms with van der Waals surface area (Å²) in [7, 11) is 0. The average molecular weight is 371 g/mol. The van der Waals surface area contributed by atoms with E-state index in [0.29, 0.717) is 5.75 Å². The molecule has 5 nitrogen and oxygen atoms in total. The zero-order chi connectivity index (χ0) is 19.0. The van der Waals surface area contributed by atoms with Gasteiger partial charge in [-0.05, 0) is 81.8 Å². The van der Waals surface area contributed by atoms with Crippen LogP contribution in [0.5, 0.6) is 5.75 Å². The zero-order valence-electron chi connectivity index (χ0n) is 16.2. The summed E-state index contributed by atoms with van der Waals surface area (Å²) < 4.78 is 10.8. The van der Waals surface area contributed by atoms with Crippen LogP contribution in [-0.2, 0) is 14.3 Å². The van der Waals surface area contributed by atoms with E-state index in [1.165, 1.54) is 19.3 Å². The van der Waals surface area contributed by atoms with Crippen LogP contribution in [0.4, 0.5) is 0 Å². The second-order valence-electron chi connectivity index (χ2n) is 8.87. The van der Waals surface area contributed by atoms with E-state index in [2.05, 4.69) is 5.32 Å². The Hall–Kier alpha value is -2.04. The van der Waals surface area contributed by atoms with Crippen LogP contribution >= 0.6 is 0 Å². The molecule has 4 fully saturated rings. The lowest BCUT2D eigenvalue weighted by Gasteiger charge is -2.57. The van der Waals surface area contributed by atoms with Crippen LogP contribution in [0, 0.1) is 24.7 Å². The van der Waals surface area contributed by atoms with Crippen molar-refractivity contribution in [2.45, 2.75) is 64.0 Å². The summed E-state index contributed by atoms with van der Waals surface area (Å²) in [4.78, 5) is 24.7. The van der Waals surface area contributed by atoms with E-state index >= 15 is 0 Å². The van der Waals surface area contributed by atoms with E-state index in [-0.39, 0.29) is 18.1 Å². The molecule has 1 amide bonds. The summed E-state index contributed by atoms with van der Waals surface area (Å²) in [6.07, 6.45) is 6.44. The third-order valence-corrected chi connectivity index (χ3v) is 6.54. The Kier molecular flexibility index (Phi) is 4.87. The van der Waals surface area contributed by atoms with E-state index in [9.17, 15) is 9.59 Å². The fraction of sp³-hybridized carbons (Fsp3) is 0.636. The van der Waals surface area contributed by atoms with Crippen LogP contribution in [0.2, 0.25) is 0 Å². The summed E-state index contributed by atoms with van der Waals surface area (Å²) in [6.45, 7) is 3.36. The highest BCUT2D eigenvalue weighted by Crippen LogP contribution is 2.55. The van der Waals surface area contributed by atoms with Gasteiger partial charge in [-0.25, -0.2) is 4.79 Å². The normalized spacial score (nSPS) is 32.0. The summed E-state index contributed by atoms with van der Waals surface area (Å²) in [5.41, 5.74) is 0.891. The quantitative estimate of drug-likeness (QED) is 0.779. The molecule has 0 radical (unpaired) electrons. The number of ether oxygens (including phenoxy) is 2. The van der Waals surface area contributed by atoms with Crippen molar-refractivity contribution in [3.63, 3.8) is 0 Å². The highest BCUT2D eigenvalue weighted by Gasteiger charge is 2.51. The number of nitrogens with one attached hydrogen (secondary N) is 1. The number of hydrogen-bond acceptors (Lipinski definition) is 4. The van der Waals surface area contributed by atoms with Gasteiger partial charge in [0.15, 0.2) is 12.7 Å². The van der Waals surface area contributed by atoms with Crippen molar-refractivity contribution in [3.8, 4) is 5.75 Å². The van der Waals surface area contributed by atoms with Crippen LogP contribution in [0.3, 0.4) is 0 Å². The topological polar surface area (TPSA) is 64.6 Å². The fourth-order valence-corrected chi connectivity index (χ4v) is 5.77. The summed E-state index contributed by atoms with van der Waals surface area (Å²) >= 11 is 0. The van der Waals surface area contributed by atoms with Gasteiger partial charge in [-0.1, -0.05) is 18.2 Å². The van der Waals surface area contributed by atoms with E-state index < -0.39 is 12.1 Å². The Morgan fingerprint density at radius 1 is 1.11 bits per heavy atom. The Bertz CT molecular complexity index is 693.